The Morgan fingerprint density at radius 1 is 1.26 bits per heavy atom. The maximum Gasteiger partial charge on any atom is 0.276 e. The fraction of sp³-hybridized carbons (Fsp3) is 0.150. The van der Waals surface area contributed by atoms with Crippen LogP contribution in [0, 0.1) is 0 Å². The molecule has 3 aromatic rings. The Kier molecular flexibility index (Phi) is 4.43. The van der Waals surface area contributed by atoms with Gasteiger partial charge in [0.2, 0.25) is 5.96 Å². The number of aryl methyl sites for hydroxylation is 1. The first-order valence-electron chi connectivity index (χ1n) is 8.60. The first kappa shape index (κ1) is 17.0. The van der Waals surface area contributed by atoms with Crippen molar-refractivity contribution in [3.63, 3.8) is 0 Å². The topological polar surface area (TPSA) is 91.5 Å². The molecular weight excluding hydrogens is 342 g/mol. The van der Waals surface area contributed by atoms with Gasteiger partial charge in [0.15, 0.2) is 0 Å². The molecule has 2 aromatic carbocycles. The Labute approximate surface area is 156 Å². The van der Waals surface area contributed by atoms with Gasteiger partial charge in [-0.3, -0.25) is 14.8 Å². The second kappa shape index (κ2) is 7.05. The van der Waals surface area contributed by atoms with Crippen LogP contribution in [0.4, 0.5) is 0 Å². The molecule has 1 aromatic heterocycles. The Hall–Kier alpha value is -3.45. The van der Waals surface area contributed by atoms with Crippen molar-refractivity contribution in [2.45, 2.75) is 6.10 Å². The van der Waals surface area contributed by atoms with Crippen LogP contribution in [0.3, 0.4) is 0 Å². The molecule has 0 saturated carbocycles. The number of aliphatic hydroxyl groups is 1. The van der Waals surface area contributed by atoms with Gasteiger partial charge in [-0.2, -0.15) is 5.10 Å². The fourth-order valence-electron chi connectivity index (χ4n) is 2.97. The lowest BCUT2D eigenvalue weighted by molar-refractivity contribution is -0.115. The molecule has 7 nitrogen and oxygen atoms in total. The fourth-order valence-corrected chi connectivity index (χ4v) is 2.97. The Morgan fingerprint density at radius 2 is 2.07 bits per heavy atom. The maximum absolute atomic E-state index is 12.2. The van der Waals surface area contributed by atoms with Crippen molar-refractivity contribution < 1.29 is 9.90 Å². The quantitative estimate of drug-likeness (QED) is 0.617. The summed E-state index contributed by atoms with van der Waals surface area (Å²) in [4.78, 5) is 16.4. The van der Waals surface area contributed by atoms with Crippen LogP contribution in [-0.2, 0) is 11.8 Å². The summed E-state index contributed by atoms with van der Waals surface area (Å²) in [6, 6.07) is 15.2. The van der Waals surface area contributed by atoms with E-state index in [1.807, 2.05) is 55.6 Å². The van der Waals surface area contributed by atoms with Gasteiger partial charge < -0.3 is 10.4 Å². The number of aromatic nitrogens is 2. The lowest BCUT2D eigenvalue weighted by Crippen LogP contribution is -2.38. The molecule has 1 atom stereocenters. The highest BCUT2D eigenvalue weighted by Crippen LogP contribution is 2.18. The van der Waals surface area contributed by atoms with Crippen molar-refractivity contribution in [1.82, 2.24) is 20.4 Å². The molecule has 2 heterocycles. The van der Waals surface area contributed by atoms with Crippen LogP contribution in [0.1, 0.15) is 17.2 Å². The summed E-state index contributed by atoms with van der Waals surface area (Å²) in [5.74, 6) is 0.0571. The molecule has 1 amide bonds. The molecule has 0 radical (unpaired) electrons. The molecule has 27 heavy (non-hydrogen) atoms. The Balaban J connectivity index is 1.47. The summed E-state index contributed by atoms with van der Waals surface area (Å²) < 4.78 is 1.80. The highest BCUT2D eigenvalue weighted by atomic mass is 16.3. The van der Waals surface area contributed by atoms with E-state index in [1.54, 1.807) is 17.0 Å². The molecule has 0 fully saturated rings. The van der Waals surface area contributed by atoms with E-state index in [0.29, 0.717) is 11.7 Å². The zero-order valence-corrected chi connectivity index (χ0v) is 14.8. The van der Waals surface area contributed by atoms with E-state index >= 15 is 0 Å². The molecule has 0 aliphatic carbocycles. The minimum atomic E-state index is -0.688. The first-order chi connectivity index (χ1) is 13.1. The molecule has 3 N–H and O–H groups in total. The first-order valence-corrected chi connectivity index (χ1v) is 8.60. The number of hydrogen-bond donors (Lipinski definition) is 3. The zero-order valence-electron chi connectivity index (χ0n) is 14.8. The van der Waals surface area contributed by atoms with Crippen LogP contribution in [0.15, 0.2) is 65.4 Å². The lowest BCUT2D eigenvalue weighted by atomic mass is 10.1. The second-order valence-corrected chi connectivity index (χ2v) is 6.34. The average molecular weight is 361 g/mol. The van der Waals surface area contributed by atoms with E-state index in [1.165, 1.54) is 0 Å². The monoisotopic (exact) mass is 361 g/mol. The zero-order chi connectivity index (χ0) is 18.8. The van der Waals surface area contributed by atoms with Gasteiger partial charge >= 0.3 is 0 Å². The number of rotatable bonds is 4. The number of fused-ring (bicyclic) bond motifs is 1. The van der Waals surface area contributed by atoms with Crippen molar-refractivity contribution in [2.24, 2.45) is 12.0 Å². The molecule has 0 saturated heterocycles. The van der Waals surface area contributed by atoms with Crippen LogP contribution < -0.4 is 10.6 Å². The Morgan fingerprint density at radius 3 is 2.89 bits per heavy atom. The number of carbonyl (C=O) groups excluding carboxylic acids is 1. The van der Waals surface area contributed by atoms with Crippen LogP contribution in [0.5, 0.6) is 0 Å². The van der Waals surface area contributed by atoms with Gasteiger partial charge in [-0.05, 0) is 29.3 Å². The number of aliphatic imine (C=N–C) groups is 1. The van der Waals surface area contributed by atoms with E-state index < -0.39 is 6.10 Å². The molecule has 0 bridgehead atoms. The summed E-state index contributed by atoms with van der Waals surface area (Å²) in [7, 11) is 1.89. The predicted octanol–water partition coefficient (Wildman–Crippen LogP) is 1.72. The van der Waals surface area contributed by atoms with Crippen molar-refractivity contribution >= 4 is 28.8 Å². The van der Waals surface area contributed by atoms with Crippen LogP contribution in [0.2, 0.25) is 0 Å². The number of aliphatic hydroxyl groups excluding tert-OH is 1. The average Bonchev–Trinajstić information content (AvgIpc) is 3.23. The van der Waals surface area contributed by atoms with Gasteiger partial charge in [-0.25, -0.2) is 4.99 Å². The Bertz CT molecular complexity index is 1050. The third kappa shape index (κ3) is 3.58. The van der Waals surface area contributed by atoms with Crippen LogP contribution in [-0.4, -0.2) is 33.3 Å². The van der Waals surface area contributed by atoms with Crippen molar-refractivity contribution in [2.75, 3.05) is 6.54 Å². The number of nitrogens with one attached hydrogen (secondary N) is 2. The predicted molar refractivity (Wildman–Crippen MR) is 104 cm³/mol. The van der Waals surface area contributed by atoms with Crippen molar-refractivity contribution in [3.05, 3.63) is 71.6 Å². The van der Waals surface area contributed by atoms with Gasteiger partial charge in [-0.1, -0.05) is 36.4 Å². The molecule has 136 valence electrons. The van der Waals surface area contributed by atoms with E-state index in [9.17, 15) is 9.90 Å². The number of nitrogens with zero attached hydrogens (tertiary/aromatic N) is 3. The van der Waals surface area contributed by atoms with Gasteiger partial charge in [-0.15, -0.1) is 0 Å². The van der Waals surface area contributed by atoms with Gasteiger partial charge in [0, 0.05) is 19.0 Å². The number of hydrogen-bond acceptors (Lipinski definition) is 5. The summed E-state index contributed by atoms with van der Waals surface area (Å²) in [5, 5.41) is 21.1. The summed E-state index contributed by atoms with van der Waals surface area (Å²) >= 11 is 0. The smallest absolute Gasteiger partial charge is 0.276 e. The van der Waals surface area contributed by atoms with Crippen molar-refractivity contribution in [3.8, 4) is 0 Å². The second-order valence-electron chi connectivity index (χ2n) is 6.34. The highest BCUT2D eigenvalue weighted by Gasteiger charge is 2.20. The SMILES string of the molecule is Cn1ncc2cc(/C=C3\N=C(NCC(O)c4ccccc4)NC3=O)ccc21. The molecule has 0 spiro atoms. The van der Waals surface area contributed by atoms with E-state index in [4.69, 9.17) is 0 Å². The minimum Gasteiger partial charge on any atom is -0.387 e. The third-order valence-corrected chi connectivity index (χ3v) is 4.42. The van der Waals surface area contributed by atoms with Gasteiger partial charge in [0.25, 0.3) is 5.91 Å². The van der Waals surface area contributed by atoms with E-state index in [2.05, 4.69) is 20.7 Å². The lowest BCUT2D eigenvalue weighted by Gasteiger charge is -2.12. The maximum atomic E-state index is 12.2. The van der Waals surface area contributed by atoms with Crippen LogP contribution >= 0.6 is 0 Å². The number of carbonyl (C=O) groups is 1. The summed E-state index contributed by atoms with van der Waals surface area (Å²) in [6.07, 6.45) is 2.82. The van der Waals surface area contributed by atoms with Crippen molar-refractivity contribution in [1.29, 1.82) is 0 Å². The molecule has 1 unspecified atom stereocenters. The molecule has 1 aliphatic heterocycles. The van der Waals surface area contributed by atoms with E-state index in [0.717, 1.165) is 22.0 Å². The largest absolute Gasteiger partial charge is 0.387 e. The molecule has 4 rings (SSSR count). The highest BCUT2D eigenvalue weighted by molar-refractivity contribution is 6.13. The number of amides is 1. The number of guanidine groups is 1. The minimum absolute atomic E-state index is 0.248. The van der Waals surface area contributed by atoms with Crippen LogP contribution in [0.25, 0.3) is 17.0 Å². The van der Waals surface area contributed by atoms with E-state index in [-0.39, 0.29) is 12.5 Å². The normalized spacial score (nSPS) is 16.4. The summed E-state index contributed by atoms with van der Waals surface area (Å²) in [6.45, 7) is 0.248. The molecular formula is C20H19N5O2. The molecule has 1 aliphatic rings. The third-order valence-electron chi connectivity index (χ3n) is 4.42. The van der Waals surface area contributed by atoms with Gasteiger partial charge in [0.1, 0.15) is 5.70 Å². The number of benzene rings is 2. The van der Waals surface area contributed by atoms with Gasteiger partial charge in [0.05, 0.1) is 17.8 Å². The standard InChI is InChI=1S/C20H19N5O2/c1-25-17-8-7-13(9-15(17)11-22-25)10-16-19(27)24-20(23-16)21-12-18(26)14-5-3-2-4-6-14/h2-11,18,26H,12H2,1H3,(H2,21,23,24,27)/b16-10-. The summed E-state index contributed by atoms with van der Waals surface area (Å²) in [5.41, 5.74) is 3.01. The molecule has 7 heteroatoms.